The molecule has 1 aromatic heterocycles. The molecule has 1 aliphatic heterocycles. The number of aromatic nitrogens is 1. The minimum atomic E-state index is -0.349. The number of nitrogens with one attached hydrogen (secondary N) is 2. The molecule has 156 valence electrons. The number of carbonyl (C=O) groups is 1. The molecule has 2 aromatic rings. The van der Waals surface area contributed by atoms with E-state index in [9.17, 15) is 4.79 Å². The number of carbonyl (C=O) groups excluding carboxylic acids is 1. The number of hydrogen-bond donors (Lipinski definition) is 2. The fraction of sp³-hybridized carbons (Fsp3) is 0.429. The standard InChI is InChI=1S/C21H27ClN4O3/c1-28-18-13-19(29-2)17(12-16(18)22)25-21(27)24-14-15-7-8-23-20(11-15)26-9-5-3-4-6-10-26/h7-8,11-13H,3-6,9-10,14H2,1-2H3,(H2,24,25,27). The zero-order valence-corrected chi connectivity index (χ0v) is 17.6. The Balaban J connectivity index is 1.61. The molecule has 0 atom stereocenters. The maximum atomic E-state index is 12.4. The van der Waals surface area contributed by atoms with Crippen LogP contribution in [0.2, 0.25) is 5.02 Å². The van der Waals surface area contributed by atoms with E-state index < -0.39 is 0 Å². The molecule has 8 heteroatoms. The largest absolute Gasteiger partial charge is 0.495 e. The first-order chi connectivity index (χ1) is 14.1. The summed E-state index contributed by atoms with van der Waals surface area (Å²) in [5.41, 5.74) is 1.46. The van der Waals surface area contributed by atoms with Gasteiger partial charge in [0.2, 0.25) is 0 Å². The van der Waals surface area contributed by atoms with E-state index in [1.165, 1.54) is 39.9 Å². The number of amides is 2. The molecule has 2 amide bonds. The fourth-order valence-corrected chi connectivity index (χ4v) is 3.59. The quantitative estimate of drug-likeness (QED) is 0.724. The fourth-order valence-electron chi connectivity index (χ4n) is 3.35. The highest BCUT2D eigenvalue weighted by Crippen LogP contribution is 2.35. The smallest absolute Gasteiger partial charge is 0.319 e. The highest BCUT2D eigenvalue weighted by atomic mass is 35.5. The van der Waals surface area contributed by atoms with Gasteiger partial charge in [0.25, 0.3) is 0 Å². The molecule has 1 saturated heterocycles. The zero-order valence-electron chi connectivity index (χ0n) is 16.8. The van der Waals surface area contributed by atoms with Gasteiger partial charge in [-0.15, -0.1) is 0 Å². The number of methoxy groups -OCH3 is 2. The van der Waals surface area contributed by atoms with Crippen molar-refractivity contribution < 1.29 is 14.3 Å². The van der Waals surface area contributed by atoms with Crippen molar-refractivity contribution in [3.63, 3.8) is 0 Å². The van der Waals surface area contributed by atoms with E-state index in [-0.39, 0.29) is 6.03 Å². The van der Waals surface area contributed by atoms with Crippen molar-refractivity contribution in [1.82, 2.24) is 10.3 Å². The summed E-state index contributed by atoms with van der Waals surface area (Å²) in [5.74, 6) is 1.91. The Morgan fingerprint density at radius 1 is 1.10 bits per heavy atom. The molecule has 1 aliphatic rings. The zero-order chi connectivity index (χ0) is 20.6. The number of ether oxygens (including phenoxy) is 2. The first-order valence-corrected chi connectivity index (χ1v) is 10.1. The van der Waals surface area contributed by atoms with Crippen molar-refractivity contribution in [1.29, 1.82) is 0 Å². The first-order valence-electron chi connectivity index (χ1n) is 9.77. The molecular formula is C21H27ClN4O3. The summed E-state index contributed by atoms with van der Waals surface area (Å²) in [7, 11) is 3.04. The molecule has 0 unspecified atom stereocenters. The number of hydrogen-bond acceptors (Lipinski definition) is 5. The number of halogens is 1. The summed E-state index contributed by atoms with van der Waals surface area (Å²) in [5, 5.41) is 6.02. The van der Waals surface area contributed by atoms with Crippen molar-refractivity contribution in [3.05, 3.63) is 41.0 Å². The van der Waals surface area contributed by atoms with Crippen LogP contribution in [0.25, 0.3) is 0 Å². The Labute approximate surface area is 176 Å². The Kier molecular flexibility index (Phi) is 7.41. The van der Waals surface area contributed by atoms with E-state index in [0.29, 0.717) is 28.8 Å². The van der Waals surface area contributed by atoms with Crippen LogP contribution in [-0.2, 0) is 6.54 Å². The second kappa shape index (κ2) is 10.2. The topological polar surface area (TPSA) is 75.7 Å². The SMILES string of the molecule is COc1cc(OC)c(NC(=O)NCc2ccnc(N3CCCCCC3)c2)cc1Cl. The van der Waals surface area contributed by atoms with Crippen molar-refractivity contribution in [3.8, 4) is 11.5 Å². The molecule has 0 saturated carbocycles. The second-order valence-corrected chi connectivity index (χ2v) is 7.33. The van der Waals surface area contributed by atoms with Crippen molar-refractivity contribution in [2.45, 2.75) is 32.2 Å². The monoisotopic (exact) mass is 418 g/mol. The third-order valence-corrected chi connectivity index (χ3v) is 5.21. The minimum absolute atomic E-state index is 0.349. The van der Waals surface area contributed by atoms with Gasteiger partial charge in [0.15, 0.2) is 0 Å². The van der Waals surface area contributed by atoms with Gasteiger partial charge < -0.3 is 25.0 Å². The summed E-state index contributed by atoms with van der Waals surface area (Å²) >= 11 is 6.15. The summed E-state index contributed by atoms with van der Waals surface area (Å²) in [6.45, 7) is 2.45. The highest BCUT2D eigenvalue weighted by Gasteiger charge is 2.14. The van der Waals surface area contributed by atoms with Gasteiger partial charge >= 0.3 is 6.03 Å². The van der Waals surface area contributed by atoms with Crippen molar-refractivity contribution in [2.75, 3.05) is 37.5 Å². The molecule has 0 aliphatic carbocycles. The Morgan fingerprint density at radius 2 is 1.83 bits per heavy atom. The molecular weight excluding hydrogens is 392 g/mol. The van der Waals surface area contributed by atoms with Gasteiger partial charge in [-0.1, -0.05) is 24.4 Å². The third-order valence-electron chi connectivity index (χ3n) is 4.92. The number of nitrogens with zero attached hydrogens (tertiary/aromatic N) is 2. The van der Waals surface area contributed by atoms with E-state index in [0.717, 1.165) is 24.5 Å². The second-order valence-electron chi connectivity index (χ2n) is 6.92. The van der Waals surface area contributed by atoms with Gasteiger partial charge in [0, 0.05) is 31.9 Å². The van der Waals surface area contributed by atoms with Gasteiger partial charge in [-0.25, -0.2) is 9.78 Å². The Hall–Kier alpha value is -2.67. The number of benzene rings is 1. The van der Waals surface area contributed by atoms with Crippen LogP contribution >= 0.6 is 11.6 Å². The minimum Gasteiger partial charge on any atom is -0.495 e. The Morgan fingerprint density at radius 3 is 2.52 bits per heavy atom. The summed E-state index contributed by atoms with van der Waals surface area (Å²) in [6, 6.07) is 6.83. The molecule has 3 rings (SSSR count). The number of rotatable bonds is 6. The maximum absolute atomic E-state index is 12.4. The molecule has 0 spiro atoms. The van der Waals surface area contributed by atoms with Crippen molar-refractivity contribution >= 4 is 29.1 Å². The van der Waals surface area contributed by atoms with Crippen LogP contribution in [0.3, 0.4) is 0 Å². The van der Waals surface area contributed by atoms with Crippen LogP contribution < -0.4 is 25.0 Å². The van der Waals surface area contributed by atoms with E-state index in [4.69, 9.17) is 21.1 Å². The lowest BCUT2D eigenvalue weighted by molar-refractivity contribution is 0.251. The average molecular weight is 419 g/mol. The number of anilines is 2. The van der Waals surface area contributed by atoms with Crippen LogP contribution in [0.1, 0.15) is 31.2 Å². The first kappa shape index (κ1) is 21.0. The number of pyridine rings is 1. The van der Waals surface area contributed by atoms with Crippen LogP contribution in [0, 0.1) is 0 Å². The molecule has 2 heterocycles. The van der Waals surface area contributed by atoms with Crippen LogP contribution in [0.4, 0.5) is 16.3 Å². The lowest BCUT2D eigenvalue weighted by atomic mass is 10.2. The summed E-state index contributed by atoms with van der Waals surface area (Å²) in [6.07, 6.45) is 6.73. The van der Waals surface area contributed by atoms with Gasteiger partial charge in [0.1, 0.15) is 17.3 Å². The maximum Gasteiger partial charge on any atom is 0.319 e. The van der Waals surface area contributed by atoms with Crippen LogP contribution in [0.15, 0.2) is 30.5 Å². The van der Waals surface area contributed by atoms with E-state index >= 15 is 0 Å². The van der Waals surface area contributed by atoms with E-state index in [1.807, 2.05) is 12.1 Å². The molecule has 0 bridgehead atoms. The van der Waals surface area contributed by atoms with Crippen LogP contribution in [-0.4, -0.2) is 38.3 Å². The molecule has 0 radical (unpaired) electrons. The molecule has 29 heavy (non-hydrogen) atoms. The van der Waals surface area contributed by atoms with Gasteiger partial charge in [0.05, 0.1) is 24.9 Å². The Bertz CT molecular complexity index is 839. The predicted octanol–water partition coefficient (Wildman–Crippen LogP) is 4.45. The normalized spacial score (nSPS) is 14.1. The van der Waals surface area contributed by atoms with Gasteiger partial charge in [-0.3, -0.25) is 0 Å². The van der Waals surface area contributed by atoms with Crippen LogP contribution in [0.5, 0.6) is 11.5 Å². The third kappa shape index (κ3) is 5.67. The van der Waals surface area contributed by atoms with Gasteiger partial charge in [-0.05, 0) is 36.6 Å². The molecule has 1 fully saturated rings. The highest BCUT2D eigenvalue weighted by molar-refractivity contribution is 6.32. The van der Waals surface area contributed by atoms with Crippen molar-refractivity contribution in [2.24, 2.45) is 0 Å². The lowest BCUT2D eigenvalue weighted by Gasteiger charge is -2.21. The van der Waals surface area contributed by atoms with Gasteiger partial charge in [-0.2, -0.15) is 0 Å². The predicted molar refractivity (Wildman–Crippen MR) is 115 cm³/mol. The molecule has 2 N–H and O–H groups in total. The summed E-state index contributed by atoms with van der Waals surface area (Å²) < 4.78 is 10.5. The molecule has 1 aromatic carbocycles. The molecule has 7 nitrogen and oxygen atoms in total. The van der Waals surface area contributed by atoms with E-state index in [1.54, 1.807) is 18.3 Å². The average Bonchev–Trinajstić information content (AvgIpc) is 3.02. The van der Waals surface area contributed by atoms with E-state index in [2.05, 4.69) is 20.5 Å². The number of urea groups is 1. The lowest BCUT2D eigenvalue weighted by Crippen LogP contribution is -2.29. The summed E-state index contributed by atoms with van der Waals surface area (Å²) in [4.78, 5) is 19.2.